The number of amides is 1. The molecule has 0 unspecified atom stereocenters. The molecule has 9 nitrogen and oxygen atoms in total. The largest absolute Gasteiger partial charge is 0.377 e. The van der Waals surface area contributed by atoms with Gasteiger partial charge in [0.05, 0.1) is 17.6 Å². The molecule has 27 heavy (non-hydrogen) atoms. The topological polar surface area (TPSA) is 129 Å². The standard InChI is InChI=1S/C16H19FN4O5S/c1-25-8-14-19-16(26-20-14)12-7-21(6-11(12)15(18)22)27(23,24)9-10-4-2-3-5-13(10)17/h2-5,11-12H,6-9H2,1H3,(H2,18,22)/t11-,12-/m1/s1. The number of hydrogen-bond acceptors (Lipinski definition) is 7. The van der Waals surface area contributed by atoms with E-state index < -0.39 is 39.3 Å². The smallest absolute Gasteiger partial charge is 0.232 e. The minimum atomic E-state index is -3.88. The number of benzene rings is 1. The van der Waals surface area contributed by atoms with E-state index in [0.717, 1.165) is 4.31 Å². The number of hydrogen-bond donors (Lipinski definition) is 1. The number of primary amides is 1. The average molecular weight is 398 g/mol. The van der Waals surface area contributed by atoms with Crippen LogP contribution in [0.3, 0.4) is 0 Å². The first-order chi connectivity index (χ1) is 12.8. The number of carbonyl (C=O) groups excluding carboxylic acids is 1. The van der Waals surface area contributed by atoms with Crippen molar-refractivity contribution in [3.63, 3.8) is 0 Å². The van der Waals surface area contributed by atoms with Crippen molar-refractivity contribution in [2.24, 2.45) is 11.7 Å². The molecule has 1 aliphatic heterocycles. The summed E-state index contributed by atoms with van der Waals surface area (Å²) >= 11 is 0. The van der Waals surface area contributed by atoms with Crippen molar-refractivity contribution in [1.82, 2.24) is 14.4 Å². The minimum absolute atomic E-state index is 0.0525. The molecule has 2 aromatic rings. The fraction of sp³-hybridized carbons (Fsp3) is 0.438. The van der Waals surface area contributed by atoms with Gasteiger partial charge >= 0.3 is 0 Å². The van der Waals surface area contributed by atoms with Gasteiger partial charge < -0.3 is 15.0 Å². The van der Waals surface area contributed by atoms with Crippen molar-refractivity contribution in [3.05, 3.63) is 47.4 Å². The van der Waals surface area contributed by atoms with E-state index in [1.54, 1.807) is 6.07 Å². The molecule has 1 saturated heterocycles. The van der Waals surface area contributed by atoms with Gasteiger partial charge in [0.2, 0.25) is 21.8 Å². The van der Waals surface area contributed by atoms with Crippen molar-refractivity contribution in [2.45, 2.75) is 18.3 Å². The Morgan fingerprint density at radius 3 is 2.81 bits per heavy atom. The number of carbonyl (C=O) groups is 1. The summed E-state index contributed by atoms with van der Waals surface area (Å²) in [4.78, 5) is 16.0. The van der Waals surface area contributed by atoms with Crippen LogP contribution in [0.1, 0.15) is 23.2 Å². The second-order valence-electron chi connectivity index (χ2n) is 6.26. The van der Waals surface area contributed by atoms with Crippen LogP contribution in [0.4, 0.5) is 4.39 Å². The number of rotatable bonds is 7. The van der Waals surface area contributed by atoms with E-state index in [0.29, 0.717) is 0 Å². The predicted octanol–water partition coefficient (Wildman–Crippen LogP) is 0.386. The second-order valence-corrected chi connectivity index (χ2v) is 8.23. The number of nitrogens with two attached hydrogens (primary N) is 1. The highest BCUT2D eigenvalue weighted by Gasteiger charge is 2.45. The summed E-state index contributed by atoms with van der Waals surface area (Å²) in [6, 6.07) is 5.64. The molecule has 0 radical (unpaired) electrons. The van der Waals surface area contributed by atoms with E-state index in [4.69, 9.17) is 15.0 Å². The normalized spacial score (nSPS) is 20.8. The average Bonchev–Trinajstić information content (AvgIpc) is 3.24. The first-order valence-corrected chi connectivity index (χ1v) is 9.74. The Balaban J connectivity index is 1.82. The van der Waals surface area contributed by atoms with Crippen molar-refractivity contribution in [2.75, 3.05) is 20.2 Å². The van der Waals surface area contributed by atoms with Gasteiger partial charge in [-0.25, -0.2) is 12.8 Å². The molecule has 2 N–H and O–H groups in total. The highest BCUT2D eigenvalue weighted by atomic mass is 32.2. The molecule has 1 aromatic heterocycles. The van der Waals surface area contributed by atoms with Gasteiger partial charge in [0.25, 0.3) is 0 Å². The van der Waals surface area contributed by atoms with Gasteiger partial charge in [0.15, 0.2) is 5.82 Å². The van der Waals surface area contributed by atoms with Gasteiger partial charge in [-0.05, 0) is 6.07 Å². The molecule has 1 amide bonds. The molecule has 1 fully saturated rings. The lowest BCUT2D eigenvalue weighted by atomic mass is 9.95. The fourth-order valence-electron chi connectivity index (χ4n) is 3.04. The van der Waals surface area contributed by atoms with Crippen molar-refractivity contribution in [3.8, 4) is 0 Å². The zero-order chi connectivity index (χ0) is 19.6. The molecule has 2 heterocycles. The SMILES string of the molecule is COCc1noc([C@@H]2CN(S(=O)(=O)Cc3ccccc3F)C[C@H]2C(N)=O)n1. The van der Waals surface area contributed by atoms with Crippen molar-refractivity contribution in [1.29, 1.82) is 0 Å². The molecule has 1 aromatic carbocycles. The van der Waals surface area contributed by atoms with E-state index in [1.165, 1.54) is 25.3 Å². The first-order valence-electron chi connectivity index (χ1n) is 8.13. The van der Waals surface area contributed by atoms with Gasteiger partial charge in [0, 0.05) is 25.8 Å². The minimum Gasteiger partial charge on any atom is -0.377 e. The van der Waals surface area contributed by atoms with Crippen LogP contribution in [-0.4, -0.2) is 49.0 Å². The summed E-state index contributed by atoms with van der Waals surface area (Å²) in [5, 5.41) is 3.73. The van der Waals surface area contributed by atoms with Crippen LogP contribution in [0.25, 0.3) is 0 Å². The maximum absolute atomic E-state index is 13.8. The van der Waals surface area contributed by atoms with Gasteiger partial charge in [-0.1, -0.05) is 23.4 Å². The van der Waals surface area contributed by atoms with Crippen LogP contribution in [0.2, 0.25) is 0 Å². The molecule has 3 rings (SSSR count). The number of aromatic nitrogens is 2. The lowest BCUT2D eigenvalue weighted by molar-refractivity contribution is -0.121. The van der Waals surface area contributed by atoms with Crippen LogP contribution < -0.4 is 5.73 Å². The Hall–Kier alpha value is -2.37. The van der Waals surface area contributed by atoms with E-state index >= 15 is 0 Å². The third-order valence-corrected chi connectivity index (χ3v) is 6.18. The maximum Gasteiger partial charge on any atom is 0.232 e. The number of methoxy groups -OCH3 is 1. The third kappa shape index (κ3) is 4.15. The van der Waals surface area contributed by atoms with Gasteiger partial charge in [-0.3, -0.25) is 4.79 Å². The Bertz CT molecular complexity index is 932. The summed E-state index contributed by atoms with van der Waals surface area (Å²) in [5.74, 6) is -2.89. The Morgan fingerprint density at radius 1 is 1.41 bits per heavy atom. The molecule has 0 spiro atoms. The number of sulfonamides is 1. The molecule has 0 bridgehead atoms. The molecule has 0 aliphatic carbocycles. The molecular formula is C16H19FN4O5S. The summed E-state index contributed by atoms with van der Waals surface area (Å²) in [6.45, 7) is -0.0649. The van der Waals surface area contributed by atoms with Crippen LogP contribution in [0.15, 0.2) is 28.8 Å². The van der Waals surface area contributed by atoms with Crippen LogP contribution in [0.5, 0.6) is 0 Å². The summed E-state index contributed by atoms with van der Waals surface area (Å²) in [6.07, 6.45) is 0. The lowest BCUT2D eigenvalue weighted by Crippen LogP contribution is -2.32. The Labute approximate surface area is 155 Å². The Kier molecular flexibility index (Phi) is 5.53. The summed E-state index contributed by atoms with van der Waals surface area (Å²) < 4.78 is 50.5. The summed E-state index contributed by atoms with van der Waals surface area (Å²) in [5.41, 5.74) is 5.49. The van der Waals surface area contributed by atoms with E-state index in [1.807, 2.05) is 0 Å². The van der Waals surface area contributed by atoms with Crippen molar-refractivity contribution >= 4 is 15.9 Å². The monoisotopic (exact) mass is 398 g/mol. The zero-order valence-electron chi connectivity index (χ0n) is 14.5. The van der Waals surface area contributed by atoms with Gasteiger partial charge in [0.1, 0.15) is 12.4 Å². The van der Waals surface area contributed by atoms with Gasteiger partial charge in [-0.2, -0.15) is 9.29 Å². The molecule has 2 atom stereocenters. The zero-order valence-corrected chi connectivity index (χ0v) is 15.4. The van der Waals surface area contributed by atoms with Crippen LogP contribution in [-0.2, 0) is 31.9 Å². The fourth-order valence-corrected chi connectivity index (χ4v) is 4.63. The van der Waals surface area contributed by atoms with Crippen molar-refractivity contribution < 1.29 is 26.9 Å². The maximum atomic E-state index is 13.8. The molecule has 146 valence electrons. The van der Waals surface area contributed by atoms with Gasteiger partial charge in [-0.15, -0.1) is 0 Å². The summed E-state index contributed by atoms with van der Waals surface area (Å²) in [7, 11) is -2.41. The highest BCUT2D eigenvalue weighted by molar-refractivity contribution is 7.88. The van der Waals surface area contributed by atoms with Crippen LogP contribution in [0, 0.1) is 11.7 Å². The quantitative estimate of drug-likeness (QED) is 0.714. The number of ether oxygens (including phenoxy) is 1. The number of halogens is 1. The highest BCUT2D eigenvalue weighted by Crippen LogP contribution is 2.34. The lowest BCUT2D eigenvalue weighted by Gasteiger charge is -2.16. The van der Waals surface area contributed by atoms with E-state index in [9.17, 15) is 17.6 Å². The number of nitrogens with zero attached hydrogens (tertiary/aromatic N) is 3. The predicted molar refractivity (Wildman–Crippen MR) is 91.0 cm³/mol. The molecule has 11 heteroatoms. The first kappa shape index (κ1) is 19.4. The molecule has 1 aliphatic rings. The van der Waals surface area contributed by atoms with Crippen LogP contribution >= 0.6 is 0 Å². The third-order valence-electron chi connectivity index (χ3n) is 4.42. The second kappa shape index (κ2) is 7.71. The molecular weight excluding hydrogens is 379 g/mol. The van der Waals surface area contributed by atoms with E-state index in [2.05, 4.69) is 10.1 Å². The Morgan fingerprint density at radius 2 is 2.15 bits per heavy atom. The van der Waals surface area contributed by atoms with E-state index in [-0.39, 0.29) is 37.0 Å². The molecule has 0 saturated carbocycles.